The summed E-state index contributed by atoms with van der Waals surface area (Å²) in [5.74, 6) is 0. The molecule has 350 valence electrons. The molecule has 0 N–H and O–H groups in total. The zero-order chi connectivity index (χ0) is 49.0. The molecule has 4 heterocycles. The number of fused-ring (bicyclic) bond motifs is 14. The summed E-state index contributed by atoms with van der Waals surface area (Å²) >= 11 is 3.74. The zero-order valence-electron chi connectivity index (χ0n) is 42.1. The van der Waals surface area contributed by atoms with Crippen molar-refractivity contribution in [3.8, 4) is 11.1 Å². The van der Waals surface area contributed by atoms with Crippen molar-refractivity contribution in [1.29, 1.82) is 0 Å². The van der Waals surface area contributed by atoms with E-state index in [2.05, 4.69) is 258 Å². The largest absolute Gasteiger partial charge is 0.311 e. The van der Waals surface area contributed by atoms with Crippen LogP contribution in [-0.2, 0) is 16.2 Å². The second-order valence-corrected chi connectivity index (χ2v) is 24.8. The van der Waals surface area contributed by atoms with E-state index in [4.69, 9.17) is 0 Å². The number of hydrogen-bond acceptors (Lipinski definition) is 4. The number of thiophene rings is 2. The van der Waals surface area contributed by atoms with Crippen LogP contribution >= 0.6 is 22.7 Å². The molecule has 13 aromatic rings. The van der Waals surface area contributed by atoms with Gasteiger partial charge < -0.3 is 14.2 Å². The fraction of sp³-hybridized carbons (Fsp3) is 0.164. The summed E-state index contributed by atoms with van der Waals surface area (Å²) in [4.78, 5) is 4.93. The standard InChI is InChI=1S/C67H55N3S2/c1-65(2,3)40-20-24-42(25-21-40)68(45-30-34-60-54(37-45)48-14-9-11-18-58(48)71-60)44-29-33-57-53(36-44)50-16-13-17-52-62-51-32-28-47(39-56(51)67(7,8)64(62)70(57)63(50)52)69(43-26-22-41(23-27-43)66(4,5)6)46-31-35-61-55(38-46)49-15-10-12-19-59(49)72-61/h9-39H,1-8H3. The van der Waals surface area contributed by atoms with Crippen molar-refractivity contribution in [2.45, 2.75) is 71.6 Å². The highest BCUT2D eigenvalue weighted by Gasteiger charge is 2.42. The van der Waals surface area contributed by atoms with E-state index in [1.54, 1.807) is 0 Å². The van der Waals surface area contributed by atoms with Gasteiger partial charge >= 0.3 is 0 Å². The van der Waals surface area contributed by atoms with Gasteiger partial charge in [-0.2, -0.15) is 0 Å². The van der Waals surface area contributed by atoms with Gasteiger partial charge in [0.15, 0.2) is 0 Å². The lowest BCUT2D eigenvalue weighted by Crippen LogP contribution is -2.19. The van der Waals surface area contributed by atoms with Crippen LogP contribution in [0.1, 0.15) is 77.8 Å². The fourth-order valence-corrected chi connectivity index (χ4v) is 14.3. The Hall–Kier alpha value is -7.44. The van der Waals surface area contributed by atoms with Gasteiger partial charge in [-0.05, 0) is 136 Å². The SMILES string of the molecule is CC(C)(C)c1ccc(N(c2ccc3c(c2)C(C)(C)c2c-3c3cccc4c5cc(N(c6ccc(C(C)(C)C)cc6)c6ccc7sc8ccccc8c7c6)ccc5n2c34)c2ccc3sc4ccccc4c3c2)cc1. The molecule has 0 saturated heterocycles. The van der Waals surface area contributed by atoms with E-state index >= 15 is 0 Å². The van der Waals surface area contributed by atoms with Gasteiger partial charge in [0.2, 0.25) is 0 Å². The van der Waals surface area contributed by atoms with Crippen LogP contribution < -0.4 is 9.80 Å². The monoisotopic (exact) mass is 965 g/mol. The third kappa shape index (κ3) is 6.39. The van der Waals surface area contributed by atoms with E-state index in [0.29, 0.717) is 0 Å². The average molecular weight is 966 g/mol. The predicted molar refractivity (Wildman–Crippen MR) is 314 cm³/mol. The first-order valence-electron chi connectivity index (χ1n) is 25.3. The topological polar surface area (TPSA) is 10.9 Å². The lowest BCUT2D eigenvalue weighted by atomic mass is 9.85. The molecule has 0 aliphatic heterocycles. The molecule has 0 bridgehead atoms. The number of para-hydroxylation sites is 1. The number of aromatic nitrogens is 1. The van der Waals surface area contributed by atoms with E-state index < -0.39 is 0 Å². The zero-order valence-corrected chi connectivity index (χ0v) is 43.7. The summed E-state index contributed by atoms with van der Waals surface area (Å²) in [6.45, 7) is 18.6. The first kappa shape index (κ1) is 43.4. The van der Waals surface area contributed by atoms with E-state index in [1.165, 1.54) is 101 Å². The van der Waals surface area contributed by atoms with Crippen molar-refractivity contribution in [1.82, 2.24) is 4.40 Å². The molecule has 14 rings (SSSR count). The van der Waals surface area contributed by atoms with Gasteiger partial charge in [-0.25, -0.2) is 0 Å². The van der Waals surface area contributed by atoms with Gasteiger partial charge in [-0.3, -0.25) is 0 Å². The van der Waals surface area contributed by atoms with Crippen LogP contribution in [0.2, 0.25) is 0 Å². The molecule has 9 aromatic carbocycles. The lowest BCUT2D eigenvalue weighted by molar-refractivity contribution is 0.590. The highest BCUT2D eigenvalue weighted by atomic mass is 32.1. The molecule has 3 nitrogen and oxygen atoms in total. The lowest BCUT2D eigenvalue weighted by Gasteiger charge is -2.29. The number of rotatable bonds is 6. The average Bonchev–Trinajstić information content (AvgIpc) is 4.17. The molecule has 0 spiro atoms. The molecule has 0 saturated carbocycles. The normalized spacial score (nSPS) is 13.7. The second kappa shape index (κ2) is 15.3. The van der Waals surface area contributed by atoms with Gasteiger partial charge in [-0.1, -0.05) is 140 Å². The first-order valence-corrected chi connectivity index (χ1v) is 27.0. The van der Waals surface area contributed by atoms with Crippen molar-refractivity contribution < 1.29 is 0 Å². The molecule has 0 amide bonds. The van der Waals surface area contributed by atoms with Gasteiger partial charge in [0.1, 0.15) is 0 Å². The van der Waals surface area contributed by atoms with Gasteiger partial charge in [-0.15, -0.1) is 22.7 Å². The van der Waals surface area contributed by atoms with Gasteiger partial charge in [0.25, 0.3) is 0 Å². The third-order valence-electron chi connectivity index (χ3n) is 15.8. The minimum absolute atomic E-state index is 0.0549. The van der Waals surface area contributed by atoms with E-state index in [-0.39, 0.29) is 16.2 Å². The Morgan fingerprint density at radius 2 is 0.819 bits per heavy atom. The Labute approximate surface area is 429 Å². The summed E-state index contributed by atoms with van der Waals surface area (Å²) in [6, 6.07) is 71.5. The molecule has 0 atom stereocenters. The quantitative estimate of drug-likeness (QED) is 0.164. The number of benzene rings is 9. The fourth-order valence-electron chi connectivity index (χ4n) is 12.1. The third-order valence-corrected chi connectivity index (χ3v) is 18.1. The first-order chi connectivity index (χ1) is 34.7. The van der Waals surface area contributed by atoms with Gasteiger partial charge in [0, 0.05) is 107 Å². The Balaban J connectivity index is 0.925. The summed E-state index contributed by atoms with van der Waals surface area (Å²) < 4.78 is 7.87. The van der Waals surface area contributed by atoms with Crippen molar-refractivity contribution in [3.05, 3.63) is 210 Å². The highest BCUT2D eigenvalue weighted by Crippen LogP contribution is 2.57. The van der Waals surface area contributed by atoms with Crippen molar-refractivity contribution in [3.63, 3.8) is 0 Å². The number of anilines is 6. The molecular weight excluding hydrogens is 911 g/mol. The molecule has 4 aromatic heterocycles. The van der Waals surface area contributed by atoms with Crippen molar-refractivity contribution >= 4 is 124 Å². The minimum Gasteiger partial charge on any atom is -0.311 e. The van der Waals surface area contributed by atoms with Crippen LogP contribution in [0.15, 0.2) is 188 Å². The second-order valence-electron chi connectivity index (χ2n) is 22.6. The van der Waals surface area contributed by atoms with Gasteiger partial charge in [0.05, 0.1) is 11.0 Å². The Kier molecular flexibility index (Phi) is 9.21. The van der Waals surface area contributed by atoms with E-state index in [0.717, 1.165) is 34.1 Å². The maximum atomic E-state index is 2.61. The summed E-state index contributed by atoms with van der Waals surface area (Å²) in [5, 5.41) is 9.08. The predicted octanol–water partition coefficient (Wildman–Crippen LogP) is 20.3. The van der Waals surface area contributed by atoms with Crippen LogP contribution in [0.25, 0.3) is 78.7 Å². The van der Waals surface area contributed by atoms with Crippen LogP contribution in [0.3, 0.4) is 0 Å². The highest BCUT2D eigenvalue weighted by molar-refractivity contribution is 7.26. The van der Waals surface area contributed by atoms with E-state index in [9.17, 15) is 0 Å². The Bertz CT molecular complexity index is 4320. The van der Waals surface area contributed by atoms with Crippen LogP contribution in [0.5, 0.6) is 0 Å². The Morgan fingerprint density at radius 3 is 1.36 bits per heavy atom. The molecule has 1 aliphatic rings. The summed E-state index contributed by atoms with van der Waals surface area (Å²) in [5.41, 5.74) is 17.3. The Morgan fingerprint density at radius 1 is 0.389 bits per heavy atom. The van der Waals surface area contributed by atoms with Crippen LogP contribution in [0.4, 0.5) is 34.1 Å². The van der Waals surface area contributed by atoms with Crippen LogP contribution in [-0.4, -0.2) is 4.40 Å². The van der Waals surface area contributed by atoms with Crippen molar-refractivity contribution in [2.24, 2.45) is 0 Å². The van der Waals surface area contributed by atoms with E-state index in [1.807, 2.05) is 22.7 Å². The maximum absolute atomic E-state index is 2.61. The maximum Gasteiger partial charge on any atom is 0.0617 e. The molecule has 72 heavy (non-hydrogen) atoms. The minimum atomic E-state index is -0.300. The molecule has 0 fully saturated rings. The molecular formula is C67H55N3S2. The molecule has 5 heteroatoms. The van der Waals surface area contributed by atoms with Crippen LogP contribution in [0, 0.1) is 0 Å². The molecule has 0 radical (unpaired) electrons. The summed E-state index contributed by atoms with van der Waals surface area (Å²) in [7, 11) is 0. The molecule has 1 aliphatic carbocycles. The summed E-state index contributed by atoms with van der Waals surface area (Å²) in [6.07, 6.45) is 0. The number of nitrogens with zero attached hydrogens (tertiary/aromatic N) is 3. The molecule has 0 unspecified atom stereocenters. The van der Waals surface area contributed by atoms with Crippen molar-refractivity contribution in [2.75, 3.05) is 9.80 Å². The number of hydrogen-bond donors (Lipinski definition) is 0. The smallest absolute Gasteiger partial charge is 0.0617 e.